The minimum absolute atomic E-state index is 0.121. The fraction of sp³-hybridized carbons (Fsp3) is 0.391. The van der Waals surface area contributed by atoms with Gasteiger partial charge in [0, 0.05) is 25.2 Å². The number of carbonyl (C=O) groups excluding carboxylic acids is 2. The highest BCUT2D eigenvalue weighted by atomic mass is 16.5. The summed E-state index contributed by atoms with van der Waals surface area (Å²) in [5.41, 5.74) is 1.19. The Balaban J connectivity index is 1.45. The Morgan fingerprint density at radius 2 is 1.86 bits per heavy atom. The van der Waals surface area contributed by atoms with Crippen LogP contribution >= 0.6 is 0 Å². The molecule has 1 fully saturated rings. The molecule has 2 aromatic carbocycles. The van der Waals surface area contributed by atoms with Crippen LogP contribution in [0.3, 0.4) is 0 Å². The van der Waals surface area contributed by atoms with E-state index in [1.54, 1.807) is 29.2 Å². The number of hydrogen-bond acceptors (Lipinski definition) is 4. The summed E-state index contributed by atoms with van der Waals surface area (Å²) in [7, 11) is 0. The zero-order chi connectivity index (χ0) is 20.6. The van der Waals surface area contributed by atoms with E-state index in [1.165, 1.54) is 0 Å². The summed E-state index contributed by atoms with van der Waals surface area (Å²) < 4.78 is 5.44. The number of nitrogens with one attached hydrogen (secondary N) is 1. The number of piperidine rings is 1. The lowest BCUT2D eigenvalue weighted by Gasteiger charge is -2.33. The molecule has 6 nitrogen and oxygen atoms in total. The van der Waals surface area contributed by atoms with Gasteiger partial charge in [-0.05, 0) is 49.4 Å². The average molecular weight is 396 g/mol. The topological polar surface area (TPSA) is 78.9 Å². The molecule has 2 aromatic rings. The second kappa shape index (κ2) is 10.1. The highest BCUT2D eigenvalue weighted by Crippen LogP contribution is 2.22. The maximum absolute atomic E-state index is 12.5. The number of aliphatic hydroxyl groups is 1. The molecule has 1 aliphatic rings. The molecule has 154 valence electrons. The summed E-state index contributed by atoms with van der Waals surface area (Å²) in [6.45, 7) is 4.21. The summed E-state index contributed by atoms with van der Waals surface area (Å²) >= 11 is 0. The monoisotopic (exact) mass is 396 g/mol. The zero-order valence-electron chi connectivity index (χ0n) is 16.7. The van der Waals surface area contributed by atoms with E-state index in [1.807, 2.05) is 37.3 Å². The lowest BCUT2D eigenvalue weighted by Crippen LogP contribution is -2.43. The van der Waals surface area contributed by atoms with Crippen molar-refractivity contribution in [1.82, 2.24) is 10.2 Å². The predicted octanol–water partition coefficient (Wildman–Crippen LogP) is 2.79. The molecule has 2 N–H and O–H groups in total. The van der Waals surface area contributed by atoms with Crippen LogP contribution in [0.4, 0.5) is 0 Å². The van der Waals surface area contributed by atoms with Gasteiger partial charge in [-0.1, -0.05) is 36.4 Å². The van der Waals surface area contributed by atoms with Crippen molar-refractivity contribution in [1.29, 1.82) is 0 Å². The molecule has 0 saturated carbocycles. The van der Waals surface area contributed by atoms with E-state index in [0.717, 1.165) is 12.8 Å². The summed E-state index contributed by atoms with van der Waals surface area (Å²) in [6.07, 6.45) is 0.476. The van der Waals surface area contributed by atoms with Crippen LogP contribution in [0, 0.1) is 5.92 Å². The van der Waals surface area contributed by atoms with Gasteiger partial charge in [0.15, 0.2) is 6.10 Å². The third-order valence-electron chi connectivity index (χ3n) is 5.23. The van der Waals surface area contributed by atoms with Crippen molar-refractivity contribution < 1.29 is 19.4 Å². The summed E-state index contributed by atoms with van der Waals surface area (Å²) in [5.74, 6) is 0.617. The summed E-state index contributed by atoms with van der Waals surface area (Å²) in [4.78, 5) is 26.6. The Morgan fingerprint density at radius 3 is 2.55 bits per heavy atom. The van der Waals surface area contributed by atoms with Gasteiger partial charge in [-0.15, -0.1) is 0 Å². The van der Waals surface area contributed by atoms with E-state index in [0.29, 0.717) is 49.0 Å². The van der Waals surface area contributed by atoms with Gasteiger partial charge in [-0.25, -0.2) is 0 Å². The van der Waals surface area contributed by atoms with Gasteiger partial charge in [0.25, 0.3) is 11.8 Å². The van der Waals surface area contributed by atoms with E-state index < -0.39 is 6.10 Å². The van der Waals surface area contributed by atoms with Crippen molar-refractivity contribution in [3.8, 4) is 5.75 Å². The molecule has 3 rings (SSSR count). The van der Waals surface area contributed by atoms with Crippen LogP contribution in [0.25, 0.3) is 0 Å². The van der Waals surface area contributed by atoms with Gasteiger partial charge >= 0.3 is 0 Å². The number of nitrogens with zero attached hydrogens (tertiary/aromatic N) is 1. The lowest BCUT2D eigenvalue weighted by molar-refractivity contribution is -0.142. The number of likely N-dealkylation sites (tertiary alicyclic amines) is 1. The number of benzene rings is 2. The zero-order valence-corrected chi connectivity index (χ0v) is 16.7. The molecule has 2 amide bonds. The van der Waals surface area contributed by atoms with E-state index in [4.69, 9.17) is 4.74 Å². The fourth-order valence-electron chi connectivity index (χ4n) is 3.54. The molecule has 29 heavy (non-hydrogen) atoms. The molecule has 0 spiro atoms. The largest absolute Gasteiger partial charge is 0.494 e. The molecule has 6 heteroatoms. The molecule has 0 bridgehead atoms. The van der Waals surface area contributed by atoms with Gasteiger partial charge in [0.05, 0.1) is 6.61 Å². The van der Waals surface area contributed by atoms with E-state index in [9.17, 15) is 14.7 Å². The standard InChI is InChI=1S/C23H28N2O4/c1-2-29-20-10-6-9-19(15-20)22(27)24-16-17-11-13-25(14-12-17)23(28)21(26)18-7-4-3-5-8-18/h3-10,15,17,21,26H,2,11-14,16H2,1H3,(H,24,27). The number of hydrogen-bond donors (Lipinski definition) is 2. The average Bonchev–Trinajstić information content (AvgIpc) is 2.78. The molecule has 0 radical (unpaired) electrons. The van der Waals surface area contributed by atoms with E-state index in [2.05, 4.69) is 5.32 Å². The number of aliphatic hydroxyl groups excluding tert-OH is 1. The van der Waals surface area contributed by atoms with Gasteiger partial charge < -0.3 is 20.1 Å². The van der Waals surface area contributed by atoms with Crippen molar-refractivity contribution in [2.45, 2.75) is 25.9 Å². The Bertz CT molecular complexity index is 817. The maximum atomic E-state index is 12.5. The van der Waals surface area contributed by atoms with Crippen LogP contribution in [0.2, 0.25) is 0 Å². The molecule has 1 heterocycles. The van der Waals surface area contributed by atoms with E-state index >= 15 is 0 Å². The Kier molecular flexibility index (Phi) is 7.25. The Hall–Kier alpha value is -2.86. The summed E-state index contributed by atoms with van der Waals surface area (Å²) in [6, 6.07) is 16.1. The SMILES string of the molecule is CCOc1cccc(C(=O)NCC2CCN(C(=O)C(O)c3ccccc3)CC2)c1. The van der Waals surface area contributed by atoms with Crippen molar-refractivity contribution >= 4 is 11.8 Å². The quantitative estimate of drug-likeness (QED) is 0.754. The normalized spacial score (nSPS) is 15.6. The lowest BCUT2D eigenvalue weighted by atomic mass is 9.95. The molecule has 1 atom stereocenters. The number of amides is 2. The third kappa shape index (κ3) is 5.57. The fourth-order valence-corrected chi connectivity index (χ4v) is 3.54. The number of carbonyl (C=O) groups is 2. The van der Waals surface area contributed by atoms with Crippen LogP contribution in [-0.4, -0.2) is 48.1 Å². The minimum Gasteiger partial charge on any atom is -0.494 e. The van der Waals surface area contributed by atoms with E-state index in [-0.39, 0.29) is 11.8 Å². The smallest absolute Gasteiger partial charge is 0.256 e. The first-order valence-electron chi connectivity index (χ1n) is 10.1. The van der Waals surface area contributed by atoms with Gasteiger partial charge in [-0.3, -0.25) is 9.59 Å². The van der Waals surface area contributed by atoms with Crippen molar-refractivity contribution in [3.63, 3.8) is 0 Å². The molecule has 0 aliphatic carbocycles. The van der Waals surface area contributed by atoms with Crippen LogP contribution < -0.4 is 10.1 Å². The second-order valence-corrected chi connectivity index (χ2v) is 7.25. The first-order valence-corrected chi connectivity index (χ1v) is 10.1. The molecule has 1 saturated heterocycles. The molecular formula is C23H28N2O4. The molecule has 1 unspecified atom stereocenters. The second-order valence-electron chi connectivity index (χ2n) is 7.25. The van der Waals surface area contributed by atoms with Crippen molar-refractivity contribution in [3.05, 3.63) is 65.7 Å². The van der Waals surface area contributed by atoms with Gasteiger partial charge in [-0.2, -0.15) is 0 Å². The van der Waals surface area contributed by atoms with Gasteiger partial charge in [0.2, 0.25) is 0 Å². The first kappa shape index (κ1) is 20.9. The third-order valence-corrected chi connectivity index (χ3v) is 5.23. The van der Waals surface area contributed by atoms with Crippen LogP contribution in [0.1, 0.15) is 41.8 Å². The maximum Gasteiger partial charge on any atom is 0.256 e. The summed E-state index contributed by atoms with van der Waals surface area (Å²) in [5, 5.41) is 13.3. The molecule has 0 aromatic heterocycles. The number of rotatable bonds is 7. The Labute approximate surface area is 171 Å². The van der Waals surface area contributed by atoms with Crippen LogP contribution in [-0.2, 0) is 4.79 Å². The van der Waals surface area contributed by atoms with Crippen LogP contribution in [0.5, 0.6) is 5.75 Å². The first-order chi connectivity index (χ1) is 14.1. The van der Waals surface area contributed by atoms with Crippen LogP contribution in [0.15, 0.2) is 54.6 Å². The van der Waals surface area contributed by atoms with Crippen molar-refractivity contribution in [2.24, 2.45) is 5.92 Å². The number of ether oxygens (including phenoxy) is 1. The van der Waals surface area contributed by atoms with Gasteiger partial charge in [0.1, 0.15) is 5.75 Å². The Morgan fingerprint density at radius 1 is 1.14 bits per heavy atom. The highest BCUT2D eigenvalue weighted by molar-refractivity contribution is 5.94. The van der Waals surface area contributed by atoms with Crippen molar-refractivity contribution in [2.75, 3.05) is 26.2 Å². The molecule has 1 aliphatic heterocycles. The predicted molar refractivity (Wildman–Crippen MR) is 111 cm³/mol. The highest BCUT2D eigenvalue weighted by Gasteiger charge is 2.28. The molecular weight excluding hydrogens is 368 g/mol. The minimum atomic E-state index is -1.12.